The Labute approximate surface area is 155 Å². The van der Waals surface area contributed by atoms with E-state index in [4.69, 9.17) is 0 Å². The van der Waals surface area contributed by atoms with Gasteiger partial charge in [-0.3, -0.25) is 14.6 Å². The molecule has 0 spiro atoms. The lowest BCUT2D eigenvalue weighted by atomic mass is 10.1. The van der Waals surface area contributed by atoms with Crippen molar-refractivity contribution in [3.05, 3.63) is 60.2 Å². The van der Waals surface area contributed by atoms with Gasteiger partial charge in [0.2, 0.25) is 5.91 Å². The minimum atomic E-state index is -0.444. The summed E-state index contributed by atoms with van der Waals surface area (Å²) in [7, 11) is 0. The van der Waals surface area contributed by atoms with Crippen LogP contribution < -0.4 is 5.32 Å². The molecule has 7 heteroatoms. The molecule has 0 unspecified atom stereocenters. The number of nitrogens with zero attached hydrogens (tertiary/aromatic N) is 3. The van der Waals surface area contributed by atoms with E-state index >= 15 is 0 Å². The van der Waals surface area contributed by atoms with E-state index in [0.717, 1.165) is 16.9 Å². The fraction of sp³-hybridized carbons (Fsp3) is 0.158. The van der Waals surface area contributed by atoms with Gasteiger partial charge in [0, 0.05) is 11.3 Å². The highest BCUT2D eigenvalue weighted by atomic mass is 32.2. The van der Waals surface area contributed by atoms with Crippen LogP contribution in [0.1, 0.15) is 12.5 Å². The summed E-state index contributed by atoms with van der Waals surface area (Å²) in [5.41, 5.74) is 2.33. The molecule has 130 valence electrons. The van der Waals surface area contributed by atoms with Gasteiger partial charge in [-0.25, -0.2) is 9.89 Å². The van der Waals surface area contributed by atoms with E-state index in [0.29, 0.717) is 11.0 Å². The Bertz CT molecular complexity index is 940. The molecule has 0 fully saturated rings. The Morgan fingerprint density at radius 3 is 2.69 bits per heavy atom. The van der Waals surface area contributed by atoms with E-state index in [2.05, 4.69) is 15.3 Å². The van der Waals surface area contributed by atoms with Gasteiger partial charge in [0.1, 0.15) is 11.9 Å². The Kier molecular flexibility index (Phi) is 4.30. The summed E-state index contributed by atoms with van der Waals surface area (Å²) in [6.45, 7) is 1.76. The monoisotopic (exact) mass is 364 g/mol. The van der Waals surface area contributed by atoms with E-state index in [1.807, 2.05) is 54.6 Å². The number of hydrogen-bond donors (Lipinski definition) is 1. The maximum absolute atomic E-state index is 12.5. The van der Waals surface area contributed by atoms with Gasteiger partial charge in [0.05, 0.1) is 11.4 Å². The van der Waals surface area contributed by atoms with Crippen molar-refractivity contribution in [2.45, 2.75) is 13.0 Å². The SMILES string of the molecule is C[C@@H]1N=C2c3ccccc3N=C(SCC(=O)Nc3ccccc3)N2C1=O. The number of para-hydroxylation sites is 2. The number of thioether (sulfide) groups is 1. The lowest BCUT2D eigenvalue weighted by Gasteiger charge is -2.25. The van der Waals surface area contributed by atoms with Gasteiger partial charge < -0.3 is 5.32 Å². The van der Waals surface area contributed by atoms with Crippen LogP contribution in [0.4, 0.5) is 11.4 Å². The van der Waals surface area contributed by atoms with Crippen molar-refractivity contribution >= 4 is 46.0 Å². The summed E-state index contributed by atoms with van der Waals surface area (Å²) in [5, 5.41) is 3.32. The highest BCUT2D eigenvalue weighted by Gasteiger charge is 2.39. The number of carbonyl (C=O) groups is 2. The van der Waals surface area contributed by atoms with Crippen molar-refractivity contribution in [1.82, 2.24) is 4.90 Å². The van der Waals surface area contributed by atoms with Crippen LogP contribution >= 0.6 is 11.8 Å². The second-order valence-electron chi connectivity index (χ2n) is 5.92. The Hall–Kier alpha value is -2.93. The molecule has 2 aliphatic rings. The molecule has 26 heavy (non-hydrogen) atoms. The maximum Gasteiger partial charge on any atom is 0.258 e. The number of rotatable bonds is 3. The van der Waals surface area contributed by atoms with Crippen LogP contribution in [-0.4, -0.2) is 39.5 Å². The van der Waals surface area contributed by atoms with Crippen molar-refractivity contribution in [3.8, 4) is 0 Å². The van der Waals surface area contributed by atoms with E-state index < -0.39 is 6.04 Å². The van der Waals surface area contributed by atoms with Crippen LogP contribution in [0.3, 0.4) is 0 Å². The van der Waals surface area contributed by atoms with Crippen molar-refractivity contribution in [3.63, 3.8) is 0 Å². The average molecular weight is 364 g/mol. The van der Waals surface area contributed by atoms with Crippen LogP contribution in [0.5, 0.6) is 0 Å². The number of fused-ring (bicyclic) bond motifs is 3. The molecular weight excluding hydrogens is 348 g/mol. The van der Waals surface area contributed by atoms with Gasteiger partial charge in [-0.05, 0) is 31.2 Å². The first kappa shape index (κ1) is 16.5. The van der Waals surface area contributed by atoms with Crippen LogP contribution in [0.25, 0.3) is 0 Å². The third kappa shape index (κ3) is 3.01. The van der Waals surface area contributed by atoms with Gasteiger partial charge in [-0.2, -0.15) is 0 Å². The molecule has 2 aromatic carbocycles. The molecule has 1 N–H and O–H groups in total. The molecule has 0 bridgehead atoms. The van der Waals surface area contributed by atoms with Crippen molar-refractivity contribution in [1.29, 1.82) is 0 Å². The average Bonchev–Trinajstić information content (AvgIpc) is 2.96. The Balaban J connectivity index is 1.54. The zero-order valence-corrected chi connectivity index (χ0v) is 14.9. The van der Waals surface area contributed by atoms with Crippen LogP contribution in [-0.2, 0) is 9.59 Å². The molecule has 0 saturated heterocycles. The fourth-order valence-electron chi connectivity index (χ4n) is 2.82. The highest BCUT2D eigenvalue weighted by Crippen LogP contribution is 2.33. The van der Waals surface area contributed by atoms with Gasteiger partial charge in [0.25, 0.3) is 5.91 Å². The molecule has 1 atom stereocenters. The molecule has 6 nitrogen and oxygen atoms in total. The lowest BCUT2D eigenvalue weighted by Crippen LogP contribution is -2.41. The molecule has 2 amide bonds. The third-order valence-electron chi connectivity index (χ3n) is 4.05. The number of aliphatic imine (C=N–C) groups is 2. The third-order valence-corrected chi connectivity index (χ3v) is 4.99. The normalized spacial score (nSPS) is 18.0. The van der Waals surface area contributed by atoms with Crippen molar-refractivity contribution < 1.29 is 9.59 Å². The quantitative estimate of drug-likeness (QED) is 0.910. The van der Waals surface area contributed by atoms with Crippen molar-refractivity contribution in [2.75, 3.05) is 11.1 Å². The summed E-state index contributed by atoms with van der Waals surface area (Å²) in [4.78, 5) is 35.3. The molecule has 0 saturated carbocycles. The minimum Gasteiger partial charge on any atom is -0.325 e. The first-order valence-electron chi connectivity index (χ1n) is 8.21. The topological polar surface area (TPSA) is 74.1 Å². The zero-order chi connectivity index (χ0) is 18.1. The van der Waals surface area contributed by atoms with Crippen molar-refractivity contribution in [2.24, 2.45) is 9.98 Å². The van der Waals surface area contributed by atoms with Crippen LogP contribution in [0.15, 0.2) is 64.6 Å². The first-order chi connectivity index (χ1) is 12.6. The van der Waals surface area contributed by atoms with E-state index in [-0.39, 0.29) is 17.6 Å². The summed E-state index contributed by atoms with van der Waals surface area (Å²) in [6.07, 6.45) is 0. The zero-order valence-electron chi connectivity index (χ0n) is 14.0. The largest absolute Gasteiger partial charge is 0.325 e. The first-order valence-corrected chi connectivity index (χ1v) is 9.19. The lowest BCUT2D eigenvalue weighted by molar-refractivity contribution is -0.124. The summed E-state index contributed by atoms with van der Waals surface area (Å²) in [6, 6.07) is 16.4. The second-order valence-corrected chi connectivity index (χ2v) is 6.86. The number of nitrogens with one attached hydrogen (secondary N) is 1. The van der Waals surface area contributed by atoms with Gasteiger partial charge >= 0.3 is 0 Å². The van der Waals surface area contributed by atoms with Gasteiger partial charge in [0.15, 0.2) is 5.17 Å². The number of anilines is 1. The van der Waals surface area contributed by atoms with Gasteiger partial charge in [-0.1, -0.05) is 42.1 Å². The minimum absolute atomic E-state index is 0.121. The number of hydrogen-bond acceptors (Lipinski definition) is 5. The predicted octanol–water partition coefficient (Wildman–Crippen LogP) is 3.04. The molecule has 0 radical (unpaired) electrons. The Morgan fingerprint density at radius 1 is 1.15 bits per heavy atom. The fourth-order valence-corrected chi connectivity index (χ4v) is 3.62. The van der Waals surface area contributed by atoms with Crippen LogP contribution in [0.2, 0.25) is 0 Å². The summed E-state index contributed by atoms with van der Waals surface area (Å²) >= 11 is 1.23. The highest BCUT2D eigenvalue weighted by molar-refractivity contribution is 8.14. The Morgan fingerprint density at radius 2 is 1.88 bits per heavy atom. The number of carbonyl (C=O) groups excluding carboxylic acids is 2. The molecule has 0 aromatic heterocycles. The molecule has 2 heterocycles. The molecular formula is C19H16N4O2S. The smallest absolute Gasteiger partial charge is 0.258 e. The van der Waals surface area contributed by atoms with E-state index in [1.54, 1.807) is 6.92 Å². The van der Waals surface area contributed by atoms with E-state index in [9.17, 15) is 9.59 Å². The molecule has 2 aromatic rings. The number of benzene rings is 2. The van der Waals surface area contributed by atoms with Gasteiger partial charge in [-0.15, -0.1) is 0 Å². The summed E-state index contributed by atoms with van der Waals surface area (Å²) in [5.74, 6) is 0.491. The molecule has 4 rings (SSSR count). The second kappa shape index (κ2) is 6.76. The number of amides is 2. The molecule has 0 aliphatic carbocycles. The maximum atomic E-state index is 12.5. The predicted molar refractivity (Wildman–Crippen MR) is 104 cm³/mol. The standard InChI is InChI=1S/C19H16N4O2S/c1-12-18(25)23-17(20-12)14-9-5-6-10-15(14)22-19(23)26-11-16(24)21-13-7-3-2-4-8-13/h2-10,12H,11H2,1H3,(H,21,24)/t12-/m0/s1. The summed E-state index contributed by atoms with van der Waals surface area (Å²) < 4.78 is 0. The number of amidine groups is 2. The van der Waals surface area contributed by atoms with E-state index in [1.165, 1.54) is 16.7 Å². The molecule has 2 aliphatic heterocycles. The van der Waals surface area contributed by atoms with Crippen LogP contribution in [0, 0.1) is 0 Å².